The molecule has 182 valence electrons. The van der Waals surface area contributed by atoms with Gasteiger partial charge in [0.15, 0.2) is 0 Å². The molecule has 0 spiro atoms. The molecule has 3 fully saturated rings. The van der Waals surface area contributed by atoms with E-state index in [0.717, 1.165) is 35.5 Å². The van der Waals surface area contributed by atoms with Crippen molar-refractivity contribution in [3.05, 3.63) is 0 Å². The molecule has 3 aliphatic rings. The first kappa shape index (κ1) is 25.6. The van der Waals surface area contributed by atoms with Gasteiger partial charge in [0, 0.05) is 0 Å². The predicted molar refractivity (Wildman–Crippen MR) is 138 cm³/mol. The van der Waals surface area contributed by atoms with Gasteiger partial charge < -0.3 is 0 Å². The lowest BCUT2D eigenvalue weighted by atomic mass is 9.38. The molecule has 0 aliphatic heterocycles. The fourth-order valence-electron chi connectivity index (χ4n) is 9.74. The molecule has 4 unspecified atom stereocenters. The first-order valence-corrected chi connectivity index (χ1v) is 14.5. The van der Waals surface area contributed by atoms with Gasteiger partial charge in [0.2, 0.25) is 0 Å². The van der Waals surface area contributed by atoms with Gasteiger partial charge in [-0.3, -0.25) is 0 Å². The number of fused-ring (bicyclic) bond motifs is 3. The Bertz CT molecular complexity index is 560. The van der Waals surface area contributed by atoms with E-state index in [4.69, 9.17) is 0 Å². The Hall–Kier alpha value is 0. The molecular formula is C31H58. The molecule has 0 N–H and O–H groups in total. The van der Waals surface area contributed by atoms with E-state index >= 15 is 0 Å². The molecule has 0 heterocycles. The van der Waals surface area contributed by atoms with E-state index in [-0.39, 0.29) is 0 Å². The highest BCUT2D eigenvalue weighted by atomic mass is 14.7. The highest BCUT2D eigenvalue weighted by molar-refractivity contribution is 5.10. The minimum Gasteiger partial charge on any atom is -0.0654 e. The van der Waals surface area contributed by atoms with Crippen molar-refractivity contribution in [3.8, 4) is 0 Å². The summed E-state index contributed by atoms with van der Waals surface area (Å²) in [5.74, 6) is 5.70. The fourth-order valence-corrected chi connectivity index (χ4v) is 9.74. The van der Waals surface area contributed by atoms with Crippen LogP contribution in [0.4, 0.5) is 0 Å². The van der Waals surface area contributed by atoms with Crippen LogP contribution >= 0.6 is 0 Å². The molecule has 0 radical (unpaired) electrons. The molecule has 0 aromatic rings. The molecule has 0 heteroatoms. The Balaban J connectivity index is 1.63. The third-order valence-corrected chi connectivity index (χ3v) is 11.4. The lowest BCUT2D eigenvalue weighted by molar-refractivity contribution is -0.174. The van der Waals surface area contributed by atoms with E-state index in [1.54, 1.807) is 0 Å². The fraction of sp³-hybridized carbons (Fsp3) is 1.00. The highest BCUT2D eigenvalue weighted by Crippen LogP contribution is 2.69. The lowest BCUT2D eigenvalue weighted by Crippen LogP contribution is -2.59. The molecule has 0 aromatic carbocycles. The second kappa shape index (κ2) is 10.1. The van der Waals surface area contributed by atoms with E-state index in [0.29, 0.717) is 16.2 Å². The van der Waals surface area contributed by atoms with Crippen LogP contribution in [0.15, 0.2) is 0 Å². The van der Waals surface area contributed by atoms with Crippen LogP contribution in [0.2, 0.25) is 0 Å². The first-order valence-electron chi connectivity index (χ1n) is 14.5. The summed E-state index contributed by atoms with van der Waals surface area (Å²) in [5, 5.41) is 0. The summed E-state index contributed by atoms with van der Waals surface area (Å²) < 4.78 is 0. The summed E-state index contributed by atoms with van der Waals surface area (Å²) in [6.07, 6.45) is 20.6. The van der Waals surface area contributed by atoms with Gasteiger partial charge in [-0.05, 0) is 90.3 Å². The standard InChI is InChI=1S/C31H58/c1-9-12-23(2)13-10-14-24(3)15-17-26-25(4)16-18-28-30(26,7)22-19-27-29(5,6)20-11-21-31(27,28)8/h23-28H,9-22H2,1-8H3/t23?,24?,25-,26-,27?,28?,30-,31-/m1/s1. The van der Waals surface area contributed by atoms with Crippen LogP contribution in [0, 0.1) is 51.8 Å². The number of hydrogen-bond donors (Lipinski definition) is 0. The Kier molecular flexibility index (Phi) is 8.34. The maximum absolute atomic E-state index is 2.76. The Morgan fingerprint density at radius 2 is 1.42 bits per heavy atom. The minimum absolute atomic E-state index is 0.566. The summed E-state index contributed by atoms with van der Waals surface area (Å²) in [6, 6.07) is 0. The van der Waals surface area contributed by atoms with Crippen molar-refractivity contribution in [3.63, 3.8) is 0 Å². The van der Waals surface area contributed by atoms with Crippen molar-refractivity contribution in [2.75, 3.05) is 0 Å². The zero-order chi connectivity index (χ0) is 22.9. The summed E-state index contributed by atoms with van der Waals surface area (Å²) >= 11 is 0. The van der Waals surface area contributed by atoms with Crippen LogP contribution in [-0.4, -0.2) is 0 Å². The quantitative estimate of drug-likeness (QED) is 0.341. The second-order valence-corrected chi connectivity index (χ2v) is 14.2. The van der Waals surface area contributed by atoms with Crippen molar-refractivity contribution in [2.45, 2.75) is 145 Å². The lowest BCUT2D eigenvalue weighted by Gasteiger charge is -2.66. The molecule has 0 aromatic heterocycles. The van der Waals surface area contributed by atoms with Crippen LogP contribution in [-0.2, 0) is 0 Å². The smallest absolute Gasteiger partial charge is 0.0259 e. The van der Waals surface area contributed by atoms with Crippen LogP contribution in [0.25, 0.3) is 0 Å². The van der Waals surface area contributed by atoms with Gasteiger partial charge in [0.05, 0.1) is 0 Å². The second-order valence-electron chi connectivity index (χ2n) is 14.2. The average Bonchev–Trinajstić information content (AvgIpc) is 2.66. The van der Waals surface area contributed by atoms with E-state index in [1.807, 2.05) is 0 Å². The first-order chi connectivity index (χ1) is 14.5. The van der Waals surface area contributed by atoms with Crippen molar-refractivity contribution in [2.24, 2.45) is 51.8 Å². The van der Waals surface area contributed by atoms with Crippen molar-refractivity contribution < 1.29 is 0 Å². The Labute approximate surface area is 197 Å². The van der Waals surface area contributed by atoms with Gasteiger partial charge in [0.25, 0.3) is 0 Å². The Morgan fingerprint density at radius 1 is 0.742 bits per heavy atom. The number of rotatable bonds is 9. The van der Waals surface area contributed by atoms with Crippen LogP contribution < -0.4 is 0 Å². The molecule has 3 rings (SSSR count). The molecule has 31 heavy (non-hydrogen) atoms. The molecule has 3 saturated carbocycles. The largest absolute Gasteiger partial charge is 0.0654 e. The SMILES string of the molecule is CCCC(C)CCCC(C)CC[C@@H]1[C@H](C)CCC2[C@]3(C)CCCC(C)(C)C3CC[C@@]21C. The molecule has 8 atom stereocenters. The summed E-state index contributed by atoms with van der Waals surface area (Å²) in [4.78, 5) is 0. The predicted octanol–water partition coefficient (Wildman–Crippen LogP) is 10.3. The van der Waals surface area contributed by atoms with Crippen LogP contribution in [0.3, 0.4) is 0 Å². The monoisotopic (exact) mass is 430 g/mol. The normalized spacial score (nSPS) is 41.8. The number of hydrogen-bond acceptors (Lipinski definition) is 0. The summed E-state index contributed by atoms with van der Waals surface area (Å²) in [5.41, 5.74) is 1.77. The Morgan fingerprint density at radius 3 is 2.10 bits per heavy atom. The van der Waals surface area contributed by atoms with E-state index in [2.05, 4.69) is 55.4 Å². The summed E-state index contributed by atoms with van der Waals surface area (Å²) in [6.45, 7) is 20.7. The van der Waals surface area contributed by atoms with Gasteiger partial charge >= 0.3 is 0 Å². The van der Waals surface area contributed by atoms with Crippen LogP contribution in [0.1, 0.15) is 145 Å². The maximum atomic E-state index is 2.76. The zero-order valence-electron chi connectivity index (χ0n) is 22.9. The van der Waals surface area contributed by atoms with Gasteiger partial charge in [-0.1, -0.05) is 107 Å². The molecule has 0 amide bonds. The zero-order valence-corrected chi connectivity index (χ0v) is 22.9. The van der Waals surface area contributed by atoms with Gasteiger partial charge in [-0.15, -0.1) is 0 Å². The van der Waals surface area contributed by atoms with Crippen molar-refractivity contribution in [1.82, 2.24) is 0 Å². The molecule has 0 saturated heterocycles. The van der Waals surface area contributed by atoms with Crippen LogP contribution in [0.5, 0.6) is 0 Å². The maximum Gasteiger partial charge on any atom is -0.0259 e. The van der Waals surface area contributed by atoms with Crippen molar-refractivity contribution >= 4 is 0 Å². The van der Waals surface area contributed by atoms with Gasteiger partial charge in [-0.25, -0.2) is 0 Å². The highest BCUT2D eigenvalue weighted by Gasteiger charge is 2.61. The average molecular weight is 431 g/mol. The third kappa shape index (κ3) is 5.24. The molecular weight excluding hydrogens is 372 g/mol. The molecule has 3 aliphatic carbocycles. The topological polar surface area (TPSA) is 0 Å². The van der Waals surface area contributed by atoms with E-state index in [1.165, 1.54) is 89.9 Å². The van der Waals surface area contributed by atoms with Gasteiger partial charge in [0.1, 0.15) is 0 Å². The van der Waals surface area contributed by atoms with Crippen molar-refractivity contribution in [1.29, 1.82) is 0 Å². The summed E-state index contributed by atoms with van der Waals surface area (Å²) in [7, 11) is 0. The van der Waals surface area contributed by atoms with E-state index in [9.17, 15) is 0 Å². The molecule has 0 nitrogen and oxygen atoms in total. The molecule has 0 bridgehead atoms. The third-order valence-electron chi connectivity index (χ3n) is 11.4. The van der Waals surface area contributed by atoms with Gasteiger partial charge in [-0.2, -0.15) is 0 Å². The van der Waals surface area contributed by atoms with E-state index < -0.39 is 0 Å². The minimum atomic E-state index is 0.566.